The second kappa shape index (κ2) is 5.20. The Kier molecular flexibility index (Phi) is 4.88. The van der Waals surface area contributed by atoms with Crippen LogP contribution in [0.3, 0.4) is 0 Å². The highest BCUT2D eigenvalue weighted by atomic mass is 16.4. The summed E-state index contributed by atoms with van der Waals surface area (Å²) in [5, 5.41) is 16.9. The summed E-state index contributed by atoms with van der Waals surface area (Å²) in [5.74, 6) is -1.16. The molecule has 4 heteroatoms. The van der Waals surface area contributed by atoms with Gasteiger partial charge >= 0.3 is 5.97 Å². The van der Waals surface area contributed by atoms with Gasteiger partial charge in [0.05, 0.1) is 0 Å². The van der Waals surface area contributed by atoms with E-state index in [1.807, 2.05) is 0 Å². The second-order valence-electron chi connectivity index (χ2n) is 2.14. The molecule has 0 aliphatic heterocycles. The predicted molar refractivity (Wildman–Crippen MR) is 36.5 cm³/mol. The van der Waals surface area contributed by atoms with Crippen LogP contribution in [0.15, 0.2) is 0 Å². The molecule has 0 aliphatic carbocycles. The van der Waals surface area contributed by atoms with E-state index >= 15 is 0 Å². The molecule has 0 saturated heterocycles. The van der Waals surface area contributed by atoms with Crippen molar-refractivity contribution in [1.82, 2.24) is 0 Å². The van der Waals surface area contributed by atoms with Crippen molar-refractivity contribution in [2.45, 2.75) is 25.4 Å². The number of rotatable bonds is 5. The van der Waals surface area contributed by atoms with Gasteiger partial charge in [-0.1, -0.05) is 0 Å². The van der Waals surface area contributed by atoms with Gasteiger partial charge in [-0.3, -0.25) is 0 Å². The van der Waals surface area contributed by atoms with Crippen molar-refractivity contribution in [3.63, 3.8) is 0 Å². The lowest BCUT2D eigenvalue weighted by atomic mass is 10.1. The molecule has 0 aromatic carbocycles. The van der Waals surface area contributed by atoms with Gasteiger partial charge in [0.2, 0.25) is 0 Å². The van der Waals surface area contributed by atoms with Crippen LogP contribution in [0.2, 0.25) is 0 Å². The number of aliphatic hydroxyl groups excluding tert-OH is 1. The smallest absolute Gasteiger partial charge is 0.332 e. The molecular formula is C6H13NO3. The molecule has 0 aliphatic rings. The zero-order chi connectivity index (χ0) is 7.98. The number of hydrogen-bond acceptors (Lipinski definition) is 3. The molecule has 0 fully saturated rings. The maximum atomic E-state index is 10.0. The van der Waals surface area contributed by atoms with Gasteiger partial charge in [0.25, 0.3) is 0 Å². The molecule has 1 atom stereocenters. The van der Waals surface area contributed by atoms with Gasteiger partial charge in [-0.15, -0.1) is 0 Å². The number of aliphatic carboxylic acids is 1. The highest BCUT2D eigenvalue weighted by molar-refractivity contribution is 5.71. The van der Waals surface area contributed by atoms with Gasteiger partial charge in [0, 0.05) is 0 Å². The van der Waals surface area contributed by atoms with Crippen molar-refractivity contribution in [1.29, 1.82) is 0 Å². The Morgan fingerprint density at radius 2 is 2.10 bits per heavy atom. The summed E-state index contributed by atoms with van der Waals surface area (Å²) in [4.78, 5) is 10.0. The van der Waals surface area contributed by atoms with Gasteiger partial charge < -0.3 is 15.9 Å². The maximum Gasteiger partial charge on any atom is 0.332 e. The molecule has 0 saturated carbocycles. The molecule has 0 amide bonds. The Balaban J connectivity index is 3.21. The number of carboxylic acid groups (broad SMARTS) is 1. The molecule has 0 rings (SSSR count). The van der Waals surface area contributed by atoms with E-state index in [0.29, 0.717) is 19.4 Å². The average molecular weight is 147 g/mol. The number of hydrogen-bond donors (Lipinski definition) is 3. The number of nitrogens with two attached hydrogens (primary N) is 1. The second-order valence-corrected chi connectivity index (χ2v) is 2.14. The van der Waals surface area contributed by atoms with Crippen LogP contribution in [0.1, 0.15) is 19.3 Å². The molecule has 10 heavy (non-hydrogen) atoms. The zero-order valence-corrected chi connectivity index (χ0v) is 5.79. The van der Waals surface area contributed by atoms with E-state index in [0.717, 1.165) is 6.42 Å². The van der Waals surface area contributed by atoms with Crippen molar-refractivity contribution < 1.29 is 15.0 Å². The molecule has 0 aromatic heterocycles. The summed E-state index contributed by atoms with van der Waals surface area (Å²) in [6, 6.07) is 0. The fourth-order valence-corrected chi connectivity index (χ4v) is 0.605. The van der Waals surface area contributed by atoms with Crippen LogP contribution in [-0.2, 0) is 4.79 Å². The van der Waals surface area contributed by atoms with Gasteiger partial charge in [0.1, 0.15) is 0 Å². The first-order chi connectivity index (χ1) is 4.68. The Labute approximate surface area is 59.7 Å². The lowest BCUT2D eigenvalue weighted by molar-refractivity contribution is -0.146. The van der Waals surface area contributed by atoms with Crippen LogP contribution in [0, 0.1) is 0 Å². The highest BCUT2D eigenvalue weighted by Crippen LogP contribution is 1.99. The van der Waals surface area contributed by atoms with E-state index in [1.54, 1.807) is 0 Å². The first kappa shape index (κ1) is 9.39. The standard InChI is InChI=1S/C6H13NO3/c7-4-2-1-3-5(8)6(9)10/h5,8H,1-4,7H2,(H,9,10)/t5-/m1/s1. The molecule has 0 spiro atoms. The Morgan fingerprint density at radius 3 is 2.50 bits per heavy atom. The number of aliphatic hydroxyl groups is 1. The van der Waals surface area contributed by atoms with Crippen molar-refractivity contribution in [3.05, 3.63) is 0 Å². The SMILES string of the molecule is NCCCC[C@@H](O)C(=O)O. The molecule has 4 nitrogen and oxygen atoms in total. The average Bonchev–Trinajstić information content (AvgIpc) is 1.88. The number of carboxylic acids is 1. The molecular weight excluding hydrogens is 134 g/mol. The highest BCUT2D eigenvalue weighted by Gasteiger charge is 2.10. The third kappa shape index (κ3) is 4.29. The lowest BCUT2D eigenvalue weighted by Gasteiger charge is -2.02. The van der Waals surface area contributed by atoms with Crippen LogP contribution < -0.4 is 5.73 Å². The van der Waals surface area contributed by atoms with Crippen LogP contribution in [0.4, 0.5) is 0 Å². The van der Waals surface area contributed by atoms with Crippen molar-refractivity contribution >= 4 is 5.97 Å². The predicted octanol–water partition coefficient (Wildman–Crippen LogP) is -0.439. The quantitative estimate of drug-likeness (QED) is 0.460. The Hall–Kier alpha value is -0.610. The fraction of sp³-hybridized carbons (Fsp3) is 0.833. The zero-order valence-electron chi connectivity index (χ0n) is 5.79. The Bertz CT molecular complexity index is 105. The van der Waals surface area contributed by atoms with Crippen molar-refractivity contribution in [2.24, 2.45) is 5.73 Å². The molecule has 0 heterocycles. The van der Waals surface area contributed by atoms with Gasteiger partial charge in [-0.2, -0.15) is 0 Å². The summed E-state index contributed by atoms with van der Waals surface area (Å²) >= 11 is 0. The summed E-state index contributed by atoms with van der Waals surface area (Å²) in [5.41, 5.74) is 5.16. The van der Waals surface area contributed by atoms with E-state index in [-0.39, 0.29) is 0 Å². The Morgan fingerprint density at radius 1 is 1.50 bits per heavy atom. The van der Waals surface area contributed by atoms with Gasteiger partial charge in [0.15, 0.2) is 6.10 Å². The van der Waals surface area contributed by atoms with E-state index in [2.05, 4.69) is 0 Å². The number of unbranched alkanes of at least 4 members (excludes halogenated alkanes) is 1. The largest absolute Gasteiger partial charge is 0.479 e. The van der Waals surface area contributed by atoms with Crippen LogP contribution >= 0.6 is 0 Å². The van der Waals surface area contributed by atoms with Crippen LogP contribution in [0.5, 0.6) is 0 Å². The minimum atomic E-state index is -1.22. The summed E-state index contributed by atoms with van der Waals surface area (Å²) in [6.45, 7) is 0.548. The topological polar surface area (TPSA) is 83.5 Å². The van der Waals surface area contributed by atoms with E-state index in [9.17, 15) is 4.79 Å². The summed E-state index contributed by atoms with van der Waals surface area (Å²) in [6.07, 6.45) is 0.521. The summed E-state index contributed by atoms with van der Waals surface area (Å²) in [7, 11) is 0. The van der Waals surface area contributed by atoms with Gasteiger partial charge in [-0.25, -0.2) is 4.79 Å². The molecule has 0 unspecified atom stereocenters. The summed E-state index contributed by atoms with van der Waals surface area (Å²) < 4.78 is 0. The first-order valence-electron chi connectivity index (χ1n) is 3.29. The van der Waals surface area contributed by atoms with E-state index in [1.165, 1.54) is 0 Å². The van der Waals surface area contributed by atoms with Crippen molar-refractivity contribution in [2.75, 3.05) is 6.54 Å². The normalized spacial score (nSPS) is 13.0. The van der Waals surface area contributed by atoms with Gasteiger partial charge in [-0.05, 0) is 25.8 Å². The first-order valence-corrected chi connectivity index (χ1v) is 3.29. The van der Waals surface area contributed by atoms with Crippen LogP contribution in [0.25, 0.3) is 0 Å². The minimum Gasteiger partial charge on any atom is -0.479 e. The third-order valence-corrected chi connectivity index (χ3v) is 1.22. The molecule has 0 radical (unpaired) electrons. The number of carbonyl (C=O) groups is 1. The fourth-order valence-electron chi connectivity index (χ4n) is 0.605. The molecule has 0 bridgehead atoms. The maximum absolute atomic E-state index is 10.0. The van der Waals surface area contributed by atoms with Crippen molar-refractivity contribution in [3.8, 4) is 0 Å². The van der Waals surface area contributed by atoms with E-state index in [4.69, 9.17) is 15.9 Å². The monoisotopic (exact) mass is 147 g/mol. The third-order valence-electron chi connectivity index (χ3n) is 1.22. The van der Waals surface area contributed by atoms with Crippen LogP contribution in [-0.4, -0.2) is 28.8 Å². The molecule has 0 aromatic rings. The minimum absolute atomic E-state index is 0.298. The molecule has 4 N–H and O–H groups in total. The lowest BCUT2D eigenvalue weighted by Crippen LogP contribution is -2.19. The van der Waals surface area contributed by atoms with E-state index < -0.39 is 12.1 Å². The molecule has 60 valence electrons.